The first-order valence-corrected chi connectivity index (χ1v) is 9.84. The summed E-state index contributed by atoms with van der Waals surface area (Å²) in [6.45, 7) is 1.32. The van der Waals surface area contributed by atoms with Gasteiger partial charge in [-0.1, -0.05) is 0 Å². The molecule has 1 rings (SSSR count). The van der Waals surface area contributed by atoms with E-state index in [2.05, 4.69) is 25.6 Å². The maximum Gasteiger partial charge on any atom is 0.204 e. The Labute approximate surface area is 173 Å². The van der Waals surface area contributed by atoms with Gasteiger partial charge < -0.3 is 40.9 Å². The van der Waals surface area contributed by atoms with Crippen molar-refractivity contribution in [2.75, 3.05) is 32.6 Å². The van der Waals surface area contributed by atoms with Crippen LogP contribution in [-0.2, 0) is 5.75 Å². The second kappa shape index (κ2) is 15.9. The minimum atomic E-state index is -1.67. The number of thioether (sulfide) groups is 1. The number of aliphatic hydroxyl groups excluding tert-OH is 6. The van der Waals surface area contributed by atoms with E-state index >= 15 is 0 Å². The van der Waals surface area contributed by atoms with Crippen LogP contribution < -0.4 is 10.6 Å². The van der Waals surface area contributed by atoms with Gasteiger partial charge in [0, 0.05) is 30.8 Å². The Balaban J connectivity index is 0.000000578. The predicted molar refractivity (Wildman–Crippen MR) is 108 cm³/mol. The van der Waals surface area contributed by atoms with Crippen LogP contribution in [0.25, 0.3) is 0 Å². The monoisotopic (exact) mass is 434 g/mol. The van der Waals surface area contributed by atoms with E-state index in [1.165, 1.54) is 0 Å². The zero-order chi connectivity index (χ0) is 22.2. The van der Waals surface area contributed by atoms with E-state index in [1.807, 2.05) is 13.1 Å². The van der Waals surface area contributed by atoms with Crippen molar-refractivity contribution in [1.29, 1.82) is 5.26 Å². The average Bonchev–Trinajstić information content (AvgIpc) is 3.15. The lowest BCUT2D eigenvalue weighted by atomic mass is 10.0. The highest BCUT2D eigenvalue weighted by molar-refractivity contribution is 7.98. The lowest BCUT2D eigenvalue weighted by Crippen LogP contribution is -2.46. The molecule has 0 saturated carbocycles. The number of aromatic nitrogens is 2. The summed E-state index contributed by atoms with van der Waals surface area (Å²) >= 11 is 1.79. The van der Waals surface area contributed by atoms with Crippen molar-refractivity contribution in [2.45, 2.75) is 37.1 Å². The van der Waals surface area contributed by atoms with E-state index in [4.69, 9.17) is 35.9 Å². The fourth-order valence-corrected chi connectivity index (χ4v) is 2.72. The van der Waals surface area contributed by atoms with E-state index in [9.17, 15) is 0 Å². The molecule has 1 heterocycles. The van der Waals surface area contributed by atoms with Crippen molar-refractivity contribution in [3.63, 3.8) is 0 Å². The van der Waals surface area contributed by atoms with Gasteiger partial charge in [-0.25, -0.2) is 4.98 Å². The third-order valence-electron chi connectivity index (χ3n) is 3.62. The molecule has 1 aromatic heterocycles. The standard InChI is InChI=1S/C10H16N6S.C6H14O6/c1-8-9(16-7-15-8)5-17-4-3-13-10(12-2)14-6-11;7-1-3(9)5(11)6(12)4(10)2-8/h7H,3-5H2,1-2H3,(H,15,16)(H2,12,13,14);3-12H,1-2H2/t;3-,4+,5-,6-/m.1/s1. The van der Waals surface area contributed by atoms with Crippen LogP contribution in [0.4, 0.5) is 0 Å². The third kappa shape index (κ3) is 11.0. The fourth-order valence-electron chi connectivity index (χ4n) is 1.85. The zero-order valence-electron chi connectivity index (χ0n) is 16.4. The number of hydrogen-bond donors (Lipinski definition) is 9. The molecule has 0 spiro atoms. The number of aryl methyl sites for hydroxylation is 1. The number of aliphatic hydroxyl groups is 6. The zero-order valence-corrected chi connectivity index (χ0v) is 17.2. The molecule has 0 bridgehead atoms. The molecule has 13 heteroatoms. The molecular weight excluding hydrogens is 404 g/mol. The highest BCUT2D eigenvalue weighted by Gasteiger charge is 2.29. The molecule has 9 N–H and O–H groups in total. The number of hydrogen-bond acceptors (Lipinski definition) is 10. The molecule has 0 aliphatic rings. The van der Waals surface area contributed by atoms with Crippen LogP contribution in [0, 0.1) is 18.4 Å². The van der Waals surface area contributed by atoms with Crippen LogP contribution in [0.15, 0.2) is 11.3 Å². The summed E-state index contributed by atoms with van der Waals surface area (Å²) in [6, 6.07) is 0. The first-order valence-electron chi connectivity index (χ1n) is 8.68. The predicted octanol–water partition coefficient (Wildman–Crippen LogP) is -2.99. The minimum absolute atomic E-state index is 0.504. The molecule has 4 atom stereocenters. The first kappa shape index (κ1) is 27.1. The SMILES string of the molecule is CN=C(NC#N)NCCSCc1nc[nH]c1C.OC[C@@H](O)[C@@H](O)[C@H](O)[C@@H](O)CO. The summed E-state index contributed by atoms with van der Waals surface area (Å²) in [6.07, 6.45) is -2.86. The number of nitriles is 1. The Morgan fingerprint density at radius 3 is 2.24 bits per heavy atom. The van der Waals surface area contributed by atoms with Crippen molar-refractivity contribution in [1.82, 2.24) is 20.6 Å². The molecule has 1 aromatic rings. The number of aromatic amines is 1. The van der Waals surface area contributed by atoms with Crippen LogP contribution in [-0.4, -0.2) is 104 Å². The van der Waals surface area contributed by atoms with Gasteiger partial charge in [-0.15, -0.1) is 0 Å². The Kier molecular flexibility index (Phi) is 14.9. The second-order valence-corrected chi connectivity index (χ2v) is 6.85. The van der Waals surface area contributed by atoms with Crippen molar-refractivity contribution >= 4 is 17.7 Å². The fraction of sp³-hybridized carbons (Fsp3) is 0.688. The molecular formula is C16H30N6O6S. The van der Waals surface area contributed by atoms with Crippen molar-refractivity contribution in [3.8, 4) is 6.19 Å². The number of H-pyrrole nitrogens is 1. The summed E-state index contributed by atoms with van der Waals surface area (Å²) in [5.41, 5.74) is 2.21. The van der Waals surface area contributed by atoms with Gasteiger partial charge in [-0.05, 0) is 6.92 Å². The number of rotatable bonds is 10. The summed E-state index contributed by atoms with van der Waals surface area (Å²) in [7, 11) is 1.63. The van der Waals surface area contributed by atoms with E-state index in [0.717, 1.165) is 29.4 Å². The maximum absolute atomic E-state index is 8.96. The Hall–Kier alpha value is -1.92. The molecule has 0 saturated heterocycles. The number of nitrogens with zero attached hydrogens (tertiary/aromatic N) is 3. The van der Waals surface area contributed by atoms with Gasteiger partial charge in [0.2, 0.25) is 5.96 Å². The molecule has 0 aromatic carbocycles. The lowest BCUT2D eigenvalue weighted by Gasteiger charge is -2.24. The van der Waals surface area contributed by atoms with Gasteiger partial charge >= 0.3 is 0 Å². The van der Waals surface area contributed by atoms with Crippen molar-refractivity contribution in [2.24, 2.45) is 4.99 Å². The molecule has 0 aliphatic carbocycles. The Bertz CT molecular complexity index is 611. The molecule has 29 heavy (non-hydrogen) atoms. The van der Waals surface area contributed by atoms with E-state index in [1.54, 1.807) is 25.1 Å². The molecule has 12 nitrogen and oxygen atoms in total. The number of aliphatic imine (C=N–C) groups is 1. The highest BCUT2D eigenvalue weighted by atomic mass is 32.2. The van der Waals surface area contributed by atoms with Crippen molar-refractivity contribution < 1.29 is 30.6 Å². The molecule has 0 amide bonds. The van der Waals surface area contributed by atoms with Crippen molar-refractivity contribution in [3.05, 3.63) is 17.7 Å². The maximum atomic E-state index is 8.96. The second-order valence-electron chi connectivity index (χ2n) is 5.74. The summed E-state index contributed by atoms with van der Waals surface area (Å²) in [5.74, 6) is 2.32. The van der Waals surface area contributed by atoms with Gasteiger partial charge in [-0.2, -0.15) is 17.0 Å². The van der Waals surface area contributed by atoms with Crippen LogP contribution in [0.1, 0.15) is 11.4 Å². The van der Waals surface area contributed by atoms with E-state index in [0.29, 0.717) is 5.96 Å². The molecule has 166 valence electrons. The van der Waals surface area contributed by atoms with E-state index in [-0.39, 0.29) is 0 Å². The molecule has 0 fully saturated rings. The summed E-state index contributed by atoms with van der Waals surface area (Å²) < 4.78 is 0. The van der Waals surface area contributed by atoms with Crippen LogP contribution >= 0.6 is 11.8 Å². The number of guanidine groups is 1. The van der Waals surface area contributed by atoms with Crippen LogP contribution in [0.5, 0.6) is 0 Å². The van der Waals surface area contributed by atoms with Gasteiger partial charge in [0.15, 0.2) is 6.19 Å². The molecule has 0 unspecified atom stereocenters. The normalized spacial score (nSPS) is 15.3. The van der Waals surface area contributed by atoms with Gasteiger partial charge in [-0.3, -0.25) is 10.3 Å². The minimum Gasteiger partial charge on any atom is -0.394 e. The summed E-state index contributed by atoms with van der Waals surface area (Å²) in [5, 5.41) is 66.1. The lowest BCUT2D eigenvalue weighted by molar-refractivity contribution is -0.123. The third-order valence-corrected chi connectivity index (χ3v) is 4.59. The average molecular weight is 435 g/mol. The van der Waals surface area contributed by atoms with E-state index < -0.39 is 37.6 Å². The largest absolute Gasteiger partial charge is 0.394 e. The Morgan fingerprint density at radius 2 is 1.83 bits per heavy atom. The van der Waals surface area contributed by atoms with Gasteiger partial charge in [0.1, 0.15) is 24.4 Å². The van der Waals surface area contributed by atoms with Crippen LogP contribution in [0.2, 0.25) is 0 Å². The summed E-state index contributed by atoms with van der Waals surface area (Å²) in [4.78, 5) is 11.2. The molecule has 0 aliphatic heterocycles. The van der Waals surface area contributed by atoms with Gasteiger partial charge in [0.05, 0.1) is 25.2 Å². The van der Waals surface area contributed by atoms with Gasteiger partial charge in [0.25, 0.3) is 0 Å². The Morgan fingerprint density at radius 1 is 1.24 bits per heavy atom. The quantitative estimate of drug-likeness (QED) is 0.0596. The molecule has 0 radical (unpaired) electrons. The number of nitrogens with one attached hydrogen (secondary N) is 3. The number of imidazole rings is 1. The highest BCUT2D eigenvalue weighted by Crippen LogP contribution is 2.11. The first-order chi connectivity index (χ1) is 13.8. The topological polar surface area (TPSA) is 210 Å². The van der Waals surface area contributed by atoms with Crippen LogP contribution in [0.3, 0.4) is 0 Å². The smallest absolute Gasteiger partial charge is 0.204 e.